The number of anilines is 2. The molecule has 0 radical (unpaired) electrons. The van der Waals surface area contributed by atoms with Crippen molar-refractivity contribution < 1.29 is 18.8 Å². The number of benzene rings is 2. The maximum absolute atomic E-state index is 12.6. The summed E-state index contributed by atoms with van der Waals surface area (Å²) in [7, 11) is 1.65. The van der Waals surface area contributed by atoms with Gasteiger partial charge in [0.2, 0.25) is 11.7 Å². The summed E-state index contributed by atoms with van der Waals surface area (Å²) in [5, 5.41) is 3.27. The number of hydrogen-bond donors (Lipinski definition) is 2. The molecule has 3 rings (SSSR count). The van der Waals surface area contributed by atoms with E-state index < -0.39 is 11.8 Å². The molecule has 2 aromatic carbocycles. The summed E-state index contributed by atoms with van der Waals surface area (Å²) in [5.74, 6) is -1.41. The Morgan fingerprint density at radius 1 is 1.04 bits per heavy atom. The van der Waals surface area contributed by atoms with Gasteiger partial charge in [0.1, 0.15) is 11.3 Å². The van der Waals surface area contributed by atoms with E-state index in [-0.39, 0.29) is 17.4 Å². The molecule has 0 saturated heterocycles. The van der Waals surface area contributed by atoms with Gasteiger partial charge in [0.25, 0.3) is 11.8 Å². The molecule has 132 valence electrons. The zero-order valence-electron chi connectivity index (χ0n) is 14.3. The van der Waals surface area contributed by atoms with E-state index in [1.54, 1.807) is 55.6 Å². The topological polar surface area (TPSA) is 106 Å². The predicted molar refractivity (Wildman–Crippen MR) is 98.2 cm³/mol. The fraction of sp³-hybridized carbons (Fsp3) is 0.105. The SMILES string of the molecule is CC(=O)N(C)c1ccc(C(=O)Nc2c(C(N)=O)oc3ccccc23)cc1. The lowest BCUT2D eigenvalue weighted by molar-refractivity contribution is -0.116. The van der Waals surface area contributed by atoms with Crippen LogP contribution in [0.3, 0.4) is 0 Å². The monoisotopic (exact) mass is 351 g/mol. The van der Waals surface area contributed by atoms with Crippen molar-refractivity contribution in [2.24, 2.45) is 5.73 Å². The molecule has 1 heterocycles. The number of carbonyl (C=O) groups is 3. The highest BCUT2D eigenvalue weighted by Gasteiger charge is 2.20. The Labute approximate surface area is 149 Å². The first kappa shape index (κ1) is 17.2. The molecule has 0 fully saturated rings. The van der Waals surface area contributed by atoms with Gasteiger partial charge in [-0.2, -0.15) is 0 Å². The minimum atomic E-state index is -0.769. The van der Waals surface area contributed by atoms with Crippen molar-refractivity contribution in [1.82, 2.24) is 0 Å². The summed E-state index contributed by atoms with van der Waals surface area (Å²) in [6, 6.07) is 13.5. The molecule has 3 aromatic rings. The number of nitrogens with zero attached hydrogens (tertiary/aromatic N) is 1. The summed E-state index contributed by atoms with van der Waals surface area (Å²) in [6.07, 6.45) is 0. The number of furan rings is 1. The number of amides is 3. The van der Waals surface area contributed by atoms with Crippen molar-refractivity contribution in [3.8, 4) is 0 Å². The largest absolute Gasteiger partial charge is 0.449 e. The van der Waals surface area contributed by atoms with E-state index in [1.807, 2.05) is 0 Å². The summed E-state index contributed by atoms with van der Waals surface area (Å²) >= 11 is 0. The van der Waals surface area contributed by atoms with Crippen LogP contribution in [0.2, 0.25) is 0 Å². The number of para-hydroxylation sites is 1. The zero-order valence-corrected chi connectivity index (χ0v) is 14.3. The summed E-state index contributed by atoms with van der Waals surface area (Å²) < 4.78 is 5.44. The number of carbonyl (C=O) groups excluding carboxylic acids is 3. The van der Waals surface area contributed by atoms with E-state index in [4.69, 9.17) is 10.2 Å². The second-order valence-electron chi connectivity index (χ2n) is 5.75. The zero-order chi connectivity index (χ0) is 18.8. The molecule has 0 bridgehead atoms. The van der Waals surface area contributed by atoms with E-state index in [1.165, 1.54) is 11.8 Å². The van der Waals surface area contributed by atoms with E-state index in [0.29, 0.717) is 22.2 Å². The van der Waals surface area contributed by atoms with Gasteiger partial charge in [-0.1, -0.05) is 12.1 Å². The third-order valence-corrected chi connectivity index (χ3v) is 4.05. The molecule has 0 saturated carbocycles. The normalized spacial score (nSPS) is 10.5. The highest BCUT2D eigenvalue weighted by atomic mass is 16.3. The minimum absolute atomic E-state index is 0.104. The molecule has 7 heteroatoms. The highest BCUT2D eigenvalue weighted by Crippen LogP contribution is 2.31. The number of primary amides is 1. The van der Waals surface area contributed by atoms with Crippen LogP contribution in [-0.4, -0.2) is 24.8 Å². The quantitative estimate of drug-likeness (QED) is 0.754. The molecule has 0 unspecified atom stereocenters. The van der Waals surface area contributed by atoms with Crippen molar-refractivity contribution in [2.45, 2.75) is 6.92 Å². The number of nitrogens with one attached hydrogen (secondary N) is 1. The van der Waals surface area contributed by atoms with Crippen LogP contribution in [0.1, 0.15) is 27.8 Å². The van der Waals surface area contributed by atoms with Crippen molar-refractivity contribution in [3.63, 3.8) is 0 Å². The first-order valence-electron chi connectivity index (χ1n) is 7.85. The first-order valence-corrected chi connectivity index (χ1v) is 7.85. The average Bonchev–Trinajstić information content (AvgIpc) is 3.00. The van der Waals surface area contributed by atoms with E-state index in [2.05, 4.69) is 5.32 Å². The number of rotatable bonds is 4. The van der Waals surface area contributed by atoms with Crippen molar-refractivity contribution in [2.75, 3.05) is 17.3 Å². The molecule has 0 aliphatic carbocycles. The third kappa shape index (κ3) is 3.14. The molecular formula is C19H17N3O4. The summed E-state index contributed by atoms with van der Waals surface area (Å²) in [6.45, 7) is 1.45. The van der Waals surface area contributed by atoms with E-state index in [9.17, 15) is 14.4 Å². The van der Waals surface area contributed by atoms with Crippen LogP contribution in [0, 0.1) is 0 Å². The van der Waals surface area contributed by atoms with Gasteiger partial charge < -0.3 is 20.4 Å². The molecular weight excluding hydrogens is 334 g/mol. The van der Waals surface area contributed by atoms with Crippen LogP contribution >= 0.6 is 0 Å². The second kappa shape index (κ2) is 6.72. The molecule has 7 nitrogen and oxygen atoms in total. The Morgan fingerprint density at radius 3 is 2.31 bits per heavy atom. The molecule has 3 amide bonds. The van der Waals surface area contributed by atoms with Gasteiger partial charge in [-0.05, 0) is 36.4 Å². The standard InChI is InChI=1S/C19H17N3O4/c1-11(23)22(2)13-9-7-12(8-10-13)19(25)21-16-14-5-3-4-6-15(14)26-17(16)18(20)24/h3-10H,1-2H3,(H2,20,24)(H,21,25). The Hall–Kier alpha value is -3.61. The first-order chi connectivity index (χ1) is 12.4. The number of fused-ring (bicyclic) bond motifs is 1. The van der Waals surface area contributed by atoms with Gasteiger partial charge in [-0.25, -0.2) is 0 Å². The number of hydrogen-bond acceptors (Lipinski definition) is 4. The van der Waals surface area contributed by atoms with E-state index >= 15 is 0 Å². The van der Waals surface area contributed by atoms with Crippen LogP contribution in [0.15, 0.2) is 52.9 Å². The molecule has 1 aromatic heterocycles. The Morgan fingerprint density at radius 2 is 1.69 bits per heavy atom. The van der Waals surface area contributed by atoms with Crippen LogP contribution < -0.4 is 16.0 Å². The lowest BCUT2D eigenvalue weighted by atomic mass is 10.1. The summed E-state index contributed by atoms with van der Waals surface area (Å²) in [5.41, 5.74) is 7.08. The molecule has 0 aliphatic heterocycles. The van der Waals surface area contributed by atoms with Gasteiger partial charge in [-0.3, -0.25) is 14.4 Å². The van der Waals surface area contributed by atoms with Gasteiger partial charge in [0, 0.05) is 30.6 Å². The fourth-order valence-electron chi connectivity index (χ4n) is 2.55. The van der Waals surface area contributed by atoms with Crippen LogP contribution in [-0.2, 0) is 4.79 Å². The third-order valence-electron chi connectivity index (χ3n) is 4.05. The molecule has 3 N–H and O–H groups in total. The van der Waals surface area contributed by atoms with Crippen LogP contribution in [0.5, 0.6) is 0 Å². The number of nitrogens with two attached hydrogens (primary N) is 1. The predicted octanol–water partition coefficient (Wildman–Crippen LogP) is 2.77. The van der Waals surface area contributed by atoms with Gasteiger partial charge in [0.15, 0.2) is 0 Å². The molecule has 0 aliphatic rings. The van der Waals surface area contributed by atoms with Crippen LogP contribution in [0.4, 0.5) is 11.4 Å². The Balaban J connectivity index is 1.91. The van der Waals surface area contributed by atoms with Crippen molar-refractivity contribution >= 4 is 40.1 Å². The van der Waals surface area contributed by atoms with Crippen molar-refractivity contribution in [1.29, 1.82) is 0 Å². The van der Waals surface area contributed by atoms with Gasteiger partial charge in [-0.15, -0.1) is 0 Å². The second-order valence-corrected chi connectivity index (χ2v) is 5.75. The maximum atomic E-state index is 12.6. The smallest absolute Gasteiger partial charge is 0.286 e. The van der Waals surface area contributed by atoms with Gasteiger partial charge in [0.05, 0.1) is 0 Å². The fourth-order valence-corrected chi connectivity index (χ4v) is 2.55. The maximum Gasteiger partial charge on any atom is 0.286 e. The summed E-state index contributed by atoms with van der Waals surface area (Å²) in [4.78, 5) is 37.1. The minimum Gasteiger partial charge on any atom is -0.449 e. The lowest BCUT2D eigenvalue weighted by Crippen LogP contribution is -2.23. The molecule has 0 atom stereocenters. The van der Waals surface area contributed by atoms with Gasteiger partial charge >= 0.3 is 0 Å². The lowest BCUT2D eigenvalue weighted by Gasteiger charge is -2.15. The van der Waals surface area contributed by atoms with E-state index in [0.717, 1.165) is 0 Å². The average molecular weight is 351 g/mol. The van der Waals surface area contributed by atoms with Crippen LogP contribution in [0.25, 0.3) is 11.0 Å². The van der Waals surface area contributed by atoms with Crippen molar-refractivity contribution in [3.05, 3.63) is 59.9 Å². The molecule has 26 heavy (non-hydrogen) atoms. The highest BCUT2D eigenvalue weighted by molar-refractivity contribution is 6.14. The molecule has 0 spiro atoms. The Bertz CT molecular complexity index is 1010. The Kier molecular flexibility index (Phi) is 4.45.